The third-order valence-electron chi connectivity index (χ3n) is 4.36. The van der Waals surface area contributed by atoms with Crippen molar-refractivity contribution in [3.8, 4) is 11.5 Å². The molecule has 1 heterocycles. The molecule has 0 aromatic heterocycles. The Kier molecular flexibility index (Phi) is 5.91. The summed E-state index contributed by atoms with van der Waals surface area (Å²) in [5.41, 5.74) is 1.59. The minimum atomic E-state index is -0.256. The first-order valence-corrected chi connectivity index (χ1v) is 8.98. The molecule has 1 atom stereocenters. The SMILES string of the molecule is COc1ccc(N2CCC(c3ccc(Cl)c(Cl)c3)C2=O)cc1OCCO. The quantitative estimate of drug-likeness (QED) is 0.805. The van der Waals surface area contributed by atoms with Crippen LogP contribution in [0.4, 0.5) is 5.69 Å². The molecule has 2 aromatic rings. The van der Waals surface area contributed by atoms with Crippen LogP contribution in [0.15, 0.2) is 36.4 Å². The highest BCUT2D eigenvalue weighted by Crippen LogP contribution is 2.38. The van der Waals surface area contributed by atoms with Gasteiger partial charge in [0.05, 0.1) is 29.7 Å². The van der Waals surface area contributed by atoms with Gasteiger partial charge in [-0.2, -0.15) is 0 Å². The normalized spacial score (nSPS) is 16.8. The minimum absolute atomic E-state index is 0.00154. The highest BCUT2D eigenvalue weighted by molar-refractivity contribution is 6.42. The van der Waals surface area contributed by atoms with E-state index in [9.17, 15) is 4.79 Å². The number of nitrogens with zero attached hydrogens (tertiary/aromatic N) is 1. The molecule has 1 amide bonds. The van der Waals surface area contributed by atoms with E-state index < -0.39 is 0 Å². The van der Waals surface area contributed by atoms with E-state index in [4.69, 9.17) is 37.8 Å². The van der Waals surface area contributed by atoms with E-state index in [0.717, 1.165) is 11.3 Å². The summed E-state index contributed by atoms with van der Waals surface area (Å²) in [4.78, 5) is 14.6. The van der Waals surface area contributed by atoms with E-state index in [1.807, 2.05) is 12.1 Å². The molecule has 1 fully saturated rings. The molecule has 7 heteroatoms. The van der Waals surface area contributed by atoms with Crippen molar-refractivity contribution in [1.29, 1.82) is 0 Å². The van der Waals surface area contributed by atoms with Gasteiger partial charge in [0.1, 0.15) is 6.61 Å². The fourth-order valence-electron chi connectivity index (χ4n) is 3.08. The predicted molar refractivity (Wildman–Crippen MR) is 102 cm³/mol. The molecule has 0 spiro atoms. The standard InChI is InChI=1S/C19H19Cl2NO4/c1-25-17-5-3-13(11-18(17)26-9-8-23)22-7-6-14(19(22)24)12-2-4-15(20)16(21)10-12/h2-5,10-11,14,23H,6-9H2,1H3. The van der Waals surface area contributed by atoms with E-state index in [-0.39, 0.29) is 25.0 Å². The zero-order valence-electron chi connectivity index (χ0n) is 14.2. The number of ether oxygens (including phenoxy) is 2. The number of carbonyl (C=O) groups is 1. The summed E-state index contributed by atoms with van der Waals surface area (Å²) in [6.07, 6.45) is 0.690. The Labute approximate surface area is 162 Å². The van der Waals surface area contributed by atoms with Crippen molar-refractivity contribution in [3.63, 3.8) is 0 Å². The maximum absolute atomic E-state index is 12.9. The first-order chi connectivity index (χ1) is 12.5. The molecule has 0 aliphatic carbocycles. The molecule has 0 radical (unpaired) electrons. The molecule has 1 saturated heterocycles. The molecule has 138 valence electrons. The molecule has 1 aliphatic rings. The second-order valence-corrected chi connectivity index (χ2v) is 6.73. The Morgan fingerprint density at radius 3 is 2.65 bits per heavy atom. The van der Waals surface area contributed by atoms with Gasteiger partial charge in [-0.25, -0.2) is 0 Å². The van der Waals surface area contributed by atoms with Gasteiger partial charge >= 0.3 is 0 Å². The van der Waals surface area contributed by atoms with Gasteiger partial charge in [0.25, 0.3) is 0 Å². The third-order valence-corrected chi connectivity index (χ3v) is 5.10. The second-order valence-electron chi connectivity index (χ2n) is 5.91. The van der Waals surface area contributed by atoms with Crippen LogP contribution in [0.5, 0.6) is 11.5 Å². The van der Waals surface area contributed by atoms with E-state index in [1.165, 1.54) is 0 Å². The number of rotatable bonds is 6. The second kappa shape index (κ2) is 8.16. The van der Waals surface area contributed by atoms with E-state index in [1.54, 1.807) is 36.3 Å². The number of methoxy groups -OCH3 is 1. The van der Waals surface area contributed by atoms with Crippen LogP contribution < -0.4 is 14.4 Å². The van der Waals surface area contributed by atoms with Crippen LogP contribution in [0.25, 0.3) is 0 Å². The van der Waals surface area contributed by atoms with Crippen LogP contribution in [0.2, 0.25) is 10.0 Å². The number of hydrogen-bond acceptors (Lipinski definition) is 4. The molecule has 1 N–H and O–H groups in total. The average Bonchev–Trinajstić information content (AvgIpc) is 3.03. The van der Waals surface area contributed by atoms with Gasteiger partial charge in [-0.1, -0.05) is 29.3 Å². The molecule has 3 rings (SSSR count). The van der Waals surface area contributed by atoms with E-state index >= 15 is 0 Å². The minimum Gasteiger partial charge on any atom is -0.493 e. The fourth-order valence-corrected chi connectivity index (χ4v) is 3.38. The molecular formula is C19H19Cl2NO4. The highest BCUT2D eigenvalue weighted by atomic mass is 35.5. The van der Waals surface area contributed by atoms with Crippen molar-refractivity contribution >= 4 is 34.8 Å². The van der Waals surface area contributed by atoms with Gasteiger partial charge < -0.3 is 19.5 Å². The number of amides is 1. The Balaban J connectivity index is 1.84. The van der Waals surface area contributed by atoms with Crippen molar-refractivity contribution in [3.05, 3.63) is 52.0 Å². The maximum atomic E-state index is 12.9. The lowest BCUT2D eigenvalue weighted by Gasteiger charge is -2.19. The lowest BCUT2D eigenvalue weighted by atomic mass is 9.98. The number of benzene rings is 2. The first kappa shape index (κ1) is 18.8. The van der Waals surface area contributed by atoms with E-state index in [0.29, 0.717) is 34.5 Å². The van der Waals surface area contributed by atoms with Crippen molar-refractivity contribution < 1.29 is 19.4 Å². The lowest BCUT2D eigenvalue weighted by Crippen LogP contribution is -2.26. The largest absolute Gasteiger partial charge is 0.493 e. The molecule has 0 bridgehead atoms. The maximum Gasteiger partial charge on any atom is 0.234 e. The molecule has 0 saturated carbocycles. The highest BCUT2D eigenvalue weighted by Gasteiger charge is 2.34. The number of anilines is 1. The molecule has 1 aliphatic heterocycles. The zero-order chi connectivity index (χ0) is 18.7. The van der Waals surface area contributed by atoms with Crippen molar-refractivity contribution in [2.45, 2.75) is 12.3 Å². The van der Waals surface area contributed by atoms with Crippen LogP contribution in [0.3, 0.4) is 0 Å². The van der Waals surface area contributed by atoms with Crippen molar-refractivity contribution in [2.24, 2.45) is 0 Å². The first-order valence-electron chi connectivity index (χ1n) is 8.23. The van der Waals surface area contributed by atoms with Gasteiger partial charge in [-0.15, -0.1) is 0 Å². The van der Waals surface area contributed by atoms with E-state index in [2.05, 4.69) is 0 Å². The van der Waals surface area contributed by atoms with Crippen molar-refractivity contribution in [1.82, 2.24) is 0 Å². The number of hydrogen-bond donors (Lipinski definition) is 1. The summed E-state index contributed by atoms with van der Waals surface area (Å²) in [6, 6.07) is 10.6. The summed E-state index contributed by atoms with van der Waals surface area (Å²) < 4.78 is 10.8. The van der Waals surface area contributed by atoms with Crippen LogP contribution in [0, 0.1) is 0 Å². The van der Waals surface area contributed by atoms with Crippen molar-refractivity contribution in [2.75, 3.05) is 31.8 Å². The van der Waals surface area contributed by atoms with Gasteiger partial charge in [-0.05, 0) is 36.2 Å². The monoisotopic (exact) mass is 395 g/mol. The number of aliphatic hydroxyl groups is 1. The molecule has 5 nitrogen and oxygen atoms in total. The van der Waals surface area contributed by atoms with Crippen LogP contribution >= 0.6 is 23.2 Å². The van der Waals surface area contributed by atoms with Gasteiger partial charge in [-0.3, -0.25) is 4.79 Å². The molecule has 26 heavy (non-hydrogen) atoms. The Morgan fingerprint density at radius 1 is 1.15 bits per heavy atom. The summed E-state index contributed by atoms with van der Waals surface area (Å²) in [6.45, 7) is 0.643. The summed E-state index contributed by atoms with van der Waals surface area (Å²) in [5, 5.41) is 9.88. The number of halogens is 2. The van der Waals surface area contributed by atoms with Crippen LogP contribution in [-0.4, -0.2) is 37.9 Å². The predicted octanol–water partition coefficient (Wildman–Crippen LogP) is 3.89. The lowest BCUT2D eigenvalue weighted by molar-refractivity contribution is -0.118. The van der Waals surface area contributed by atoms with Crippen LogP contribution in [0.1, 0.15) is 17.9 Å². The number of carbonyl (C=O) groups excluding carboxylic acids is 1. The molecular weight excluding hydrogens is 377 g/mol. The Bertz CT molecular complexity index is 812. The topological polar surface area (TPSA) is 59.0 Å². The Morgan fingerprint density at radius 2 is 1.96 bits per heavy atom. The van der Waals surface area contributed by atoms with Gasteiger partial charge in [0.2, 0.25) is 5.91 Å². The Hall–Kier alpha value is -1.95. The molecule has 1 unspecified atom stereocenters. The van der Waals surface area contributed by atoms with Gasteiger partial charge in [0, 0.05) is 18.3 Å². The average molecular weight is 396 g/mol. The zero-order valence-corrected chi connectivity index (χ0v) is 15.8. The summed E-state index contributed by atoms with van der Waals surface area (Å²) >= 11 is 12.1. The number of aliphatic hydroxyl groups excluding tert-OH is 1. The van der Waals surface area contributed by atoms with Crippen LogP contribution in [-0.2, 0) is 4.79 Å². The molecule has 2 aromatic carbocycles. The smallest absolute Gasteiger partial charge is 0.234 e. The summed E-state index contributed by atoms with van der Waals surface area (Å²) in [7, 11) is 1.54. The fraction of sp³-hybridized carbons (Fsp3) is 0.316. The third kappa shape index (κ3) is 3.75. The van der Waals surface area contributed by atoms with Gasteiger partial charge in [0.15, 0.2) is 11.5 Å². The summed E-state index contributed by atoms with van der Waals surface area (Å²) in [5.74, 6) is 0.787.